The number of imidazole rings is 1. The zero-order valence-corrected chi connectivity index (χ0v) is 17.5. The summed E-state index contributed by atoms with van der Waals surface area (Å²) in [5.74, 6) is 0. The summed E-state index contributed by atoms with van der Waals surface area (Å²) in [5.41, 5.74) is 2.56. The van der Waals surface area contributed by atoms with Gasteiger partial charge in [-0.25, -0.2) is 0 Å². The van der Waals surface area contributed by atoms with Gasteiger partial charge in [0.2, 0.25) is 0 Å². The largest absolute Gasteiger partial charge is 0.185 e. The van der Waals surface area contributed by atoms with Gasteiger partial charge in [0, 0.05) is 51.8 Å². The van der Waals surface area contributed by atoms with Crippen molar-refractivity contribution in [3.05, 3.63) is 28.1 Å². The first kappa shape index (κ1) is 16.2. The zero-order chi connectivity index (χ0) is 14.0. The number of nitrogens with zero attached hydrogens (tertiary/aromatic N) is 3. The van der Waals surface area contributed by atoms with Crippen LogP contribution in [0.3, 0.4) is 0 Å². The molecule has 0 saturated heterocycles. The van der Waals surface area contributed by atoms with E-state index in [2.05, 4.69) is 114 Å². The molecule has 0 atom stereocenters. The molecule has 2 aromatic rings. The molecule has 0 amide bonds. The minimum Gasteiger partial charge on any atom is -0.185 e. The van der Waals surface area contributed by atoms with E-state index in [-0.39, 0.29) is 0 Å². The van der Waals surface area contributed by atoms with Gasteiger partial charge in [-0.05, 0) is 12.8 Å². The molecule has 0 unspecified atom stereocenters. The van der Waals surface area contributed by atoms with Crippen LogP contribution in [-0.2, 0) is 33.4 Å². The molecule has 1 aromatic carbocycles. The van der Waals surface area contributed by atoms with Crippen molar-refractivity contribution < 1.29 is 19.4 Å². The Morgan fingerprint density at radius 3 is 1.84 bits per heavy atom. The molecule has 0 N–H and O–H groups in total. The molecule has 6 heteroatoms. The number of aromatic nitrogens is 2. The van der Waals surface area contributed by atoms with Crippen LogP contribution >= 0.6 is 45.7 Å². The first-order chi connectivity index (χ1) is 9.02. The maximum atomic E-state index is 2.34. The average Bonchev–Trinajstić information content (AvgIpc) is 2.53. The number of fused-ring (bicyclic) bond motifs is 1. The minimum atomic E-state index is 0.890. The van der Waals surface area contributed by atoms with Crippen LogP contribution in [0.25, 0.3) is 11.0 Å². The summed E-state index contributed by atoms with van der Waals surface area (Å²) in [6.45, 7) is 0. The molecule has 0 bridgehead atoms. The Labute approximate surface area is 152 Å². The molecule has 1 heterocycles. The van der Waals surface area contributed by atoms with Gasteiger partial charge >= 0.3 is 81.7 Å². The Balaban J connectivity index is 0.000000163. The van der Waals surface area contributed by atoms with E-state index in [9.17, 15) is 0 Å². The van der Waals surface area contributed by atoms with Crippen LogP contribution in [0.5, 0.6) is 0 Å². The smallest absolute Gasteiger partial charge is 0.0311 e. The van der Waals surface area contributed by atoms with E-state index in [0.29, 0.717) is 0 Å². The van der Waals surface area contributed by atoms with Gasteiger partial charge in [0.25, 0.3) is 0 Å². The molecule has 0 radical (unpaired) electrons. The monoisotopic (exact) mass is 664 g/mol. The first-order valence-electron chi connectivity index (χ1n) is 6.19. The quantitative estimate of drug-likeness (QED) is 0.331. The van der Waals surface area contributed by atoms with Crippen LogP contribution in [-0.4, -0.2) is 16.5 Å². The van der Waals surface area contributed by atoms with E-state index in [4.69, 9.17) is 0 Å². The number of hydrogen-bond donors (Lipinski definition) is 0. The van der Waals surface area contributed by atoms with E-state index in [0.717, 1.165) is 6.04 Å². The molecular formula is C13H17I2N3Pt. The topological polar surface area (TPSA) is 13.1 Å². The second-order valence-corrected chi connectivity index (χ2v) is 9.63. The van der Waals surface area contributed by atoms with Crippen LogP contribution in [0.4, 0.5) is 0 Å². The summed E-state index contributed by atoms with van der Waals surface area (Å²) in [6.07, 6.45) is 4.25. The molecular weight excluding hydrogens is 647 g/mol. The summed E-state index contributed by atoms with van der Waals surface area (Å²) in [7, 11) is 4.18. The Kier molecular flexibility index (Phi) is 6.11. The molecule has 19 heavy (non-hydrogen) atoms. The summed E-state index contributed by atoms with van der Waals surface area (Å²) < 4.78 is 7.88. The number of halogens is 2. The van der Waals surface area contributed by atoms with E-state index in [1.807, 2.05) is 0 Å². The molecule has 1 aromatic heterocycles. The summed E-state index contributed by atoms with van der Waals surface area (Å²) in [5, 5.41) is 0. The van der Waals surface area contributed by atoms with Crippen LogP contribution in [0.1, 0.15) is 19.3 Å². The summed E-state index contributed by atoms with van der Waals surface area (Å²) in [6, 6.07) is 9.30. The molecule has 0 aliphatic heterocycles. The van der Waals surface area contributed by atoms with Crippen LogP contribution in [0, 0.1) is 3.80 Å². The molecule has 3 nitrogen and oxygen atoms in total. The van der Waals surface area contributed by atoms with Crippen molar-refractivity contribution in [2.75, 3.05) is 0 Å². The Hall–Kier alpha value is 0.798. The molecule has 0 spiro atoms. The van der Waals surface area contributed by atoms with Crippen molar-refractivity contribution in [1.29, 1.82) is 0 Å². The second kappa shape index (κ2) is 7.18. The average molecular weight is 664 g/mol. The van der Waals surface area contributed by atoms with Crippen molar-refractivity contribution in [1.82, 2.24) is 10.5 Å². The van der Waals surface area contributed by atoms with Gasteiger partial charge in [0.15, 0.2) is 0 Å². The molecule has 1 aliphatic carbocycles. The zero-order valence-electron chi connectivity index (χ0n) is 10.9. The molecule has 3 rings (SSSR count). The van der Waals surface area contributed by atoms with Crippen LogP contribution in [0.2, 0.25) is 0 Å². The van der Waals surface area contributed by atoms with E-state index < -0.39 is 0 Å². The van der Waals surface area contributed by atoms with Crippen LogP contribution < -0.4 is 0 Å². The van der Waals surface area contributed by atoms with Gasteiger partial charge in [-0.15, -0.1) is 0 Å². The molecule has 1 fully saturated rings. The SMILES string of the molecule is Cn1[c](=[Pt])n(C)c2ccccc21.IN(I)C1CCC1. The van der Waals surface area contributed by atoms with Gasteiger partial charge in [-0.3, -0.25) is 0 Å². The Bertz CT molecular complexity index is 572. The molecule has 108 valence electrons. The molecule has 1 aliphatic rings. The van der Waals surface area contributed by atoms with Crippen LogP contribution in [0.15, 0.2) is 24.3 Å². The third-order valence-electron chi connectivity index (χ3n) is 3.47. The first-order valence-corrected chi connectivity index (χ1v) is 9.25. The minimum absolute atomic E-state index is 0.890. The fourth-order valence-corrected chi connectivity index (χ4v) is 3.68. The van der Waals surface area contributed by atoms with Crippen molar-refractivity contribution in [2.24, 2.45) is 14.1 Å². The van der Waals surface area contributed by atoms with Gasteiger partial charge < -0.3 is 0 Å². The summed E-state index contributed by atoms with van der Waals surface area (Å²) in [4.78, 5) is 0. The number of rotatable bonds is 1. The predicted octanol–water partition coefficient (Wildman–Crippen LogP) is 4.14. The number of aryl methyl sites for hydroxylation is 2. The number of benzene rings is 1. The predicted molar refractivity (Wildman–Crippen MR) is 92.7 cm³/mol. The summed E-state index contributed by atoms with van der Waals surface area (Å²) >= 11 is 7.01. The Morgan fingerprint density at radius 2 is 1.58 bits per heavy atom. The fourth-order valence-electron chi connectivity index (χ4n) is 2.02. The van der Waals surface area contributed by atoms with Crippen molar-refractivity contribution in [2.45, 2.75) is 25.3 Å². The second-order valence-electron chi connectivity index (χ2n) is 4.69. The third kappa shape index (κ3) is 3.71. The Morgan fingerprint density at radius 1 is 1.11 bits per heavy atom. The van der Waals surface area contributed by atoms with Gasteiger partial charge in [0.1, 0.15) is 0 Å². The van der Waals surface area contributed by atoms with Crippen molar-refractivity contribution >= 4 is 56.8 Å². The van der Waals surface area contributed by atoms with Gasteiger partial charge in [0.05, 0.1) is 0 Å². The maximum absolute atomic E-state index is 2.34. The van der Waals surface area contributed by atoms with E-state index >= 15 is 0 Å². The van der Waals surface area contributed by atoms with Crippen molar-refractivity contribution in [3.63, 3.8) is 0 Å². The number of hydrogen-bond acceptors (Lipinski definition) is 1. The van der Waals surface area contributed by atoms with Gasteiger partial charge in [-0.1, -0.05) is 6.42 Å². The fraction of sp³-hybridized carbons (Fsp3) is 0.462. The number of para-hydroxylation sites is 2. The third-order valence-corrected chi connectivity index (χ3v) is 6.57. The normalized spacial score (nSPS) is 15.3. The maximum Gasteiger partial charge on any atom is 0.0311 e. The van der Waals surface area contributed by atoms with Crippen molar-refractivity contribution in [3.8, 4) is 0 Å². The standard InChI is InChI=1S/C9H10N2.C4H7I2N.Pt/c1-10-7-11(2)9-6-4-3-5-8(9)10;5-7(6)4-2-1-3-4;/h3-6H,1-2H3;4H,1-3H2;. The van der Waals surface area contributed by atoms with E-state index in [1.165, 1.54) is 34.1 Å². The van der Waals surface area contributed by atoms with Gasteiger partial charge in [-0.2, -0.15) is 1.33 Å². The molecule has 1 saturated carbocycles. The van der Waals surface area contributed by atoms with E-state index in [1.54, 1.807) is 0 Å².